The van der Waals surface area contributed by atoms with Crippen LogP contribution in [0.1, 0.15) is 16.7 Å². The predicted octanol–water partition coefficient (Wildman–Crippen LogP) is 2.75. The molecule has 0 radical (unpaired) electrons. The second-order valence-electron chi connectivity index (χ2n) is 4.39. The maximum Gasteiger partial charge on any atom is 0.320 e. The molecule has 2 rings (SSSR count). The van der Waals surface area contributed by atoms with Gasteiger partial charge in [0.15, 0.2) is 0 Å². The van der Waals surface area contributed by atoms with Crippen LogP contribution in [-0.4, -0.2) is 29.9 Å². The highest BCUT2D eigenvalue weighted by molar-refractivity contribution is 9.10. The molecule has 1 aromatic carbocycles. The van der Waals surface area contributed by atoms with Gasteiger partial charge in [0.2, 0.25) is 0 Å². The molecule has 1 aliphatic rings. The number of hydrogen-bond donors (Lipinski definition) is 0. The molecule has 0 saturated carbocycles. The third-order valence-electron chi connectivity index (χ3n) is 2.89. The fourth-order valence-corrected chi connectivity index (χ4v) is 2.70. The molecule has 16 heavy (non-hydrogen) atoms. The lowest BCUT2D eigenvalue weighted by Crippen LogP contribution is -2.35. The first-order valence-corrected chi connectivity index (χ1v) is 6.02. The summed E-state index contributed by atoms with van der Waals surface area (Å²) in [6, 6.07) is 4.28. The van der Waals surface area contributed by atoms with Crippen LogP contribution in [-0.2, 0) is 13.1 Å². The fourth-order valence-electron chi connectivity index (χ4n) is 2.08. The Morgan fingerprint density at radius 1 is 1.38 bits per heavy atom. The molecule has 0 bridgehead atoms. The molecule has 4 heteroatoms. The van der Waals surface area contributed by atoms with Crippen LogP contribution in [0, 0.1) is 6.92 Å². The number of aryl methyl sites for hydroxylation is 1. The second-order valence-corrected chi connectivity index (χ2v) is 5.31. The van der Waals surface area contributed by atoms with E-state index in [0.29, 0.717) is 6.54 Å². The van der Waals surface area contributed by atoms with Crippen molar-refractivity contribution in [2.24, 2.45) is 0 Å². The average Bonchev–Trinajstić information content (AvgIpc) is 2.60. The summed E-state index contributed by atoms with van der Waals surface area (Å²) in [4.78, 5) is 15.3. The van der Waals surface area contributed by atoms with Crippen LogP contribution >= 0.6 is 15.9 Å². The minimum absolute atomic E-state index is 0.0757. The Kier molecular flexibility index (Phi) is 2.93. The first-order valence-electron chi connectivity index (χ1n) is 5.23. The van der Waals surface area contributed by atoms with E-state index in [4.69, 9.17) is 0 Å². The number of rotatable bonds is 0. The van der Waals surface area contributed by atoms with Crippen molar-refractivity contribution in [3.63, 3.8) is 0 Å². The normalized spacial score (nSPS) is 13.9. The van der Waals surface area contributed by atoms with Crippen molar-refractivity contribution < 1.29 is 4.79 Å². The molecule has 0 aliphatic carbocycles. The Balaban J connectivity index is 2.28. The van der Waals surface area contributed by atoms with Crippen LogP contribution in [0.2, 0.25) is 0 Å². The van der Waals surface area contributed by atoms with Crippen molar-refractivity contribution in [2.75, 3.05) is 14.1 Å². The van der Waals surface area contributed by atoms with E-state index >= 15 is 0 Å². The van der Waals surface area contributed by atoms with Crippen molar-refractivity contribution in [3.05, 3.63) is 33.3 Å². The number of urea groups is 1. The van der Waals surface area contributed by atoms with Gasteiger partial charge in [-0.2, -0.15) is 0 Å². The Hall–Kier alpha value is -1.03. The summed E-state index contributed by atoms with van der Waals surface area (Å²) in [5.74, 6) is 0. The molecule has 3 nitrogen and oxygen atoms in total. The number of amides is 2. The van der Waals surface area contributed by atoms with Crippen molar-refractivity contribution in [1.29, 1.82) is 0 Å². The molecule has 0 spiro atoms. The quantitative estimate of drug-likeness (QED) is 0.718. The Labute approximate surface area is 104 Å². The maximum absolute atomic E-state index is 11.8. The molecular weight excluding hydrogens is 268 g/mol. The van der Waals surface area contributed by atoms with Gasteiger partial charge in [0, 0.05) is 31.7 Å². The highest BCUT2D eigenvalue weighted by Crippen LogP contribution is 2.29. The number of hydrogen-bond acceptors (Lipinski definition) is 1. The number of halogens is 1. The molecule has 1 heterocycles. The smallest absolute Gasteiger partial charge is 0.320 e. The zero-order valence-electron chi connectivity index (χ0n) is 9.75. The highest BCUT2D eigenvalue weighted by Gasteiger charge is 2.25. The van der Waals surface area contributed by atoms with Crippen LogP contribution in [0.5, 0.6) is 0 Å². The Morgan fingerprint density at radius 2 is 2.06 bits per heavy atom. The number of fused-ring (bicyclic) bond motifs is 1. The van der Waals surface area contributed by atoms with E-state index in [1.165, 1.54) is 16.7 Å². The van der Waals surface area contributed by atoms with Crippen LogP contribution in [0.3, 0.4) is 0 Å². The summed E-state index contributed by atoms with van der Waals surface area (Å²) in [6.07, 6.45) is 0. The first kappa shape index (κ1) is 11.5. The molecule has 0 unspecified atom stereocenters. The van der Waals surface area contributed by atoms with Gasteiger partial charge < -0.3 is 9.80 Å². The molecule has 0 atom stereocenters. The van der Waals surface area contributed by atoms with Crippen LogP contribution in [0.25, 0.3) is 0 Å². The van der Waals surface area contributed by atoms with Gasteiger partial charge in [-0.3, -0.25) is 0 Å². The van der Waals surface area contributed by atoms with E-state index in [-0.39, 0.29) is 6.03 Å². The lowest BCUT2D eigenvalue weighted by Gasteiger charge is -2.20. The topological polar surface area (TPSA) is 23.6 Å². The van der Waals surface area contributed by atoms with Gasteiger partial charge in [-0.15, -0.1) is 0 Å². The SMILES string of the molecule is Cc1cc(Br)cc2c1CN(C(=O)N(C)C)C2. The minimum Gasteiger partial charge on any atom is -0.331 e. The lowest BCUT2D eigenvalue weighted by atomic mass is 10.1. The second kappa shape index (κ2) is 4.09. The number of carbonyl (C=O) groups is 1. The third kappa shape index (κ3) is 1.94. The number of carbonyl (C=O) groups excluding carboxylic acids is 1. The van der Waals surface area contributed by atoms with E-state index in [2.05, 4.69) is 35.0 Å². The van der Waals surface area contributed by atoms with E-state index in [1.807, 2.05) is 4.90 Å². The van der Waals surface area contributed by atoms with Gasteiger partial charge >= 0.3 is 6.03 Å². The number of nitrogens with zero attached hydrogens (tertiary/aromatic N) is 2. The molecule has 1 aliphatic heterocycles. The van der Waals surface area contributed by atoms with Crippen molar-refractivity contribution in [2.45, 2.75) is 20.0 Å². The van der Waals surface area contributed by atoms with Crippen molar-refractivity contribution in [1.82, 2.24) is 9.80 Å². The zero-order valence-corrected chi connectivity index (χ0v) is 11.3. The zero-order chi connectivity index (χ0) is 11.9. The minimum atomic E-state index is 0.0757. The lowest BCUT2D eigenvalue weighted by molar-refractivity contribution is 0.171. The average molecular weight is 283 g/mol. The van der Waals surface area contributed by atoms with Gasteiger partial charge in [-0.25, -0.2) is 4.79 Å². The first-order chi connectivity index (χ1) is 7.49. The van der Waals surface area contributed by atoms with E-state index in [1.54, 1.807) is 19.0 Å². The molecule has 0 N–H and O–H groups in total. The maximum atomic E-state index is 11.8. The van der Waals surface area contributed by atoms with Gasteiger partial charge in [0.25, 0.3) is 0 Å². The van der Waals surface area contributed by atoms with Gasteiger partial charge in [-0.1, -0.05) is 15.9 Å². The molecular formula is C12H15BrN2O. The third-order valence-corrected chi connectivity index (χ3v) is 3.35. The molecule has 0 saturated heterocycles. The summed E-state index contributed by atoms with van der Waals surface area (Å²) in [5, 5.41) is 0. The Morgan fingerprint density at radius 3 is 2.69 bits per heavy atom. The Bertz CT molecular complexity index is 443. The predicted molar refractivity (Wildman–Crippen MR) is 67.2 cm³/mol. The van der Waals surface area contributed by atoms with E-state index in [9.17, 15) is 4.79 Å². The monoisotopic (exact) mass is 282 g/mol. The van der Waals surface area contributed by atoms with E-state index in [0.717, 1.165) is 11.0 Å². The highest BCUT2D eigenvalue weighted by atomic mass is 79.9. The van der Waals surface area contributed by atoms with Gasteiger partial charge in [0.1, 0.15) is 0 Å². The van der Waals surface area contributed by atoms with Crippen molar-refractivity contribution >= 4 is 22.0 Å². The summed E-state index contributed by atoms with van der Waals surface area (Å²) in [7, 11) is 3.57. The summed E-state index contributed by atoms with van der Waals surface area (Å²) < 4.78 is 1.09. The standard InChI is InChI=1S/C12H15BrN2O/c1-8-4-10(13)5-9-6-15(7-11(8)9)12(16)14(2)3/h4-5H,6-7H2,1-3H3. The van der Waals surface area contributed by atoms with Crippen LogP contribution in [0.15, 0.2) is 16.6 Å². The summed E-state index contributed by atoms with van der Waals surface area (Å²) >= 11 is 3.49. The summed E-state index contributed by atoms with van der Waals surface area (Å²) in [5.41, 5.74) is 3.79. The van der Waals surface area contributed by atoms with Gasteiger partial charge in [0.05, 0.1) is 0 Å². The van der Waals surface area contributed by atoms with Crippen LogP contribution < -0.4 is 0 Å². The fraction of sp³-hybridized carbons (Fsp3) is 0.417. The molecule has 2 amide bonds. The largest absolute Gasteiger partial charge is 0.331 e. The molecule has 86 valence electrons. The van der Waals surface area contributed by atoms with Crippen molar-refractivity contribution in [3.8, 4) is 0 Å². The van der Waals surface area contributed by atoms with Crippen LogP contribution in [0.4, 0.5) is 4.79 Å². The molecule has 0 fully saturated rings. The molecule has 1 aromatic rings. The number of benzene rings is 1. The summed E-state index contributed by atoms with van der Waals surface area (Å²) in [6.45, 7) is 3.53. The molecule has 0 aromatic heterocycles. The van der Waals surface area contributed by atoms with Gasteiger partial charge in [-0.05, 0) is 35.7 Å². The van der Waals surface area contributed by atoms with E-state index < -0.39 is 0 Å².